The third kappa shape index (κ3) is 4.97. The van der Waals surface area contributed by atoms with Crippen LogP contribution in [0.4, 0.5) is 0 Å². The molecule has 0 spiro atoms. The van der Waals surface area contributed by atoms with Crippen molar-refractivity contribution in [1.82, 2.24) is 10.2 Å². The van der Waals surface area contributed by atoms with Crippen molar-refractivity contribution in [2.45, 2.75) is 59.0 Å². The number of hydrogen-bond donors (Lipinski definition) is 1. The van der Waals surface area contributed by atoms with Crippen LogP contribution in [-0.2, 0) is 0 Å². The van der Waals surface area contributed by atoms with Gasteiger partial charge in [0, 0.05) is 18.6 Å². The Labute approximate surface area is 90.1 Å². The summed E-state index contributed by atoms with van der Waals surface area (Å²) in [5.74, 6) is 0. The standard InChI is InChI=1S/C12H28N2/c1-6-9-12(13-5)10-14(8-3)11(4)7-2/h11-13H,6-10H2,1-5H3. The fourth-order valence-electron chi connectivity index (χ4n) is 1.84. The first-order chi connectivity index (χ1) is 6.69. The van der Waals surface area contributed by atoms with Crippen LogP contribution >= 0.6 is 0 Å². The molecule has 0 aromatic carbocycles. The molecule has 2 nitrogen and oxygen atoms in total. The van der Waals surface area contributed by atoms with Gasteiger partial charge in [0.05, 0.1) is 0 Å². The smallest absolute Gasteiger partial charge is 0.0192 e. The van der Waals surface area contributed by atoms with Crippen LogP contribution in [-0.4, -0.2) is 37.1 Å². The molecule has 0 aliphatic carbocycles. The van der Waals surface area contributed by atoms with Gasteiger partial charge in [0.1, 0.15) is 0 Å². The van der Waals surface area contributed by atoms with Gasteiger partial charge in [-0.15, -0.1) is 0 Å². The van der Waals surface area contributed by atoms with Gasteiger partial charge in [-0.05, 0) is 33.4 Å². The van der Waals surface area contributed by atoms with Crippen molar-refractivity contribution in [2.24, 2.45) is 0 Å². The van der Waals surface area contributed by atoms with Crippen LogP contribution in [0.1, 0.15) is 47.0 Å². The Morgan fingerprint density at radius 2 is 1.86 bits per heavy atom. The van der Waals surface area contributed by atoms with Crippen LogP contribution in [0.2, 0.25) is 0 Å². The normalized spacial score (nSPS) is 15.9. The minimum Gasteiger partial charge on any atom is -0.316 e. The molecule has 0 heterocycles. The average Bonchev–Trinajstić information content (AvgIpc) is 2.23. The number of likely N-dealkylation sites (N-methyl/N-ethyl adjacent to an activating group) is 2. The van der Waals surface area contributed by atoms with Gasteiger partial charge in [-0.3, -0.25) is 4.90 Å². The van der Waals surface area contributed by atoms with Crippen LogP contribution in [0, 0.1) is 0 Å². The molecule has 2 heteroatoms. The highest BCUT2D eigenvalue weighted by Gasteiger charge is 2.14. The topological polar surface area (TPSA) is 15.3 Å². The maximum Gasteiger partial charge on any atom is 0.0192 e. The Morgan fingerprint density at radius 1 is 1.21 bits per heavy atom. The molecule has 0 aromatic heterocycles. The van der Waals surface area contributed by atoms with Gasteiger partial charge in [-0.2, -0.15) is 0 Å². The van der Waals surface area contributed by atoms with Crippen molar-refractivity contribution in [3.05, 3.63) is 0 Å². The van der Waals surface area contributed by atoms with Crippen molar-refractivity contribution >= 4 is 0 Å². The van der Waals surface area contributed by atoms with Crippen LogP contribution in [0.25, 0.3) is 0 Å². The molecule has 14 heavy (non-hydrogen) atoms. The van der Waals surface area contributed by atoms with E-state index in [0.29, 0.717) is 12.1 Å². The largest absolute Gasteiger partial charge is 0.316 e. The second-order valence-corrected chi connectivity index (χ2v) is 4.12. The maximum atomic E-state index is 3.41. The Bertz CT molecular complexity index is 125. The Morgan fingerprint density at radius 3 is 2.21 bits per heavy atom. The van der Waals surface area contributed by atoms with E-state index in [2.05, 4.69) is 45.0 Å². The predicted molar refractivity (Wildman–Crippen MR) is 64.8 cm³/mol. The Balaban J connectivity index is 3.99. The van der Waals surface area contributed by atoms with E-state index in [1.807, 2.05) is 0 Å². The molecule has 0 radical (unpaired) electrons. The van der Waals surface area contributed by atoms with E-state index in [4.69, 9.17) is 0 Å². The van der Waals surface area contributed by atoms with Crippen molar-refractivity contribution in [3.63, 3.8) is 0 Å². The zero-order valence-corrected chi connectivity index (χ0v) is 10.6. The second kappa shape index (κ2) is 8.25. The molecule has 0 saturated carbocycles. The van der Waals surface area contributed by atoms with Crippen molar-refractivity contribution in [1.29, 1.82) is 0 Å². The first kappa shape index (κ1) is 13.9. The summed E-state index contributed by atoms with van der Waals surface area (Å²) in [6, 6.07) is 1.38. The SMILES string of the molecule is CCCC(CN(CC)C(C)CC)NC. The van der Waals surface area contributed by atoms with Gasteiger partial charge in [0.2, 0.25) is 0 Å². The van der Waals surface area contributed by atoms with Crippen LogP contribution in [0.5, 0.6) is 0 Å². The zero-order chi connectivity index (χ0) is 11.0. The second-order valence-electron chi connectivity index (χ2n) is 4.12. The third-order valence-corrected chi connectivity index (χ3v) is 3.12. The highest BCUT2D eigenvalue weighted by atomic mass is 15.2. The minimum absolute atomic E-state index is 0.661. The van der Waals surface area contributed by atoms with Crippen molar-refractivity contribution in [2.75, 3.05) is 20.1 Å². The molecule has 2 atom stereocenters. The Kier molecular flexibility index (Phi) is 8.20. The summed E-state index contributed by atoms with van der Waals surface area (Å²) in [6.07, 6.45) is 3.80. The van der Waals surface area contributed by atoms with Gasteiger partial charge in [0.25, 0.3) is 0 Å². The van der Waals surface area contributed by atoms with E-state index in [0.717, 1.165) is 6.54 Å². The number of hydrogen-bond acceptors (Lipinski definition) is 2. The number of rotatable bonds is 8. The van der Waals surface area contributed by atoms with Gasteiger partial charge in [-0.1, -0.05) is 27.2 Å². The molecule has 0 saturated heterocycles. The molecule has 0 aliphatic rings. The molecule has 0 aliphatic heterocycles. The fourth-order valence-corrected chi connectivity index (χ4v) is 1.84. The van der Waals surface area contributed by atoms with Crippen LogP contribution in [0.3, 0.4) is 0 Å². The lowest BCUT2D eigenvalue weighted by Gasteiger charge is -2.30. The highest BCUT2D eigenvalue weighted by Crippen LogP contribution is 2.06. The van der Waals surface area contributed by atoms with Crippen LogP contribution in [0.15, 0.2) is 0 Å². The van der Waals surface area contributed by atoms with E-state index in [1.54, 1.807) is 0 Å². The molecule has 0 aromatic rings. The summed E-state index contributed by atoms with van der Waals surface area (Å²) in [4.78, 5) is 2.57. The molecular weight excluding hydrogens is 172 g/mol. The van der Waals surface area contributed by atoms with E-state index in [9.17, 15) is 0 Å². The lowest BCUT2D eigenvalue weighted by atomic mass is 10.1. The lowest BCUT2D eigenvalue weighted by Crippen LogP contribution is -2.43. The monoisotopic (exact) mass is 200 g/mol. The highest BCUT2D eigenvalue weighted by molar-refractivity contribution is 4.73. The number of nitrogens with one attached hydrogen (secondary N) is 1. The molecule has 0 fully saturated rings. The minimum atomic E-state index is 0.661. The summed E-state index contributed by atoms with van der Waals surface area (Å²) >= 11 is 0. The van der Waals surface area contributed by atoms with E-state index >= 15 is 0 Å². The summed E-state index contributed by atoms with van der Waals surface area (Å²) in [7, 11) is 2.07. The maximum absolute atomic E-state index is 3.41. The molecule has 86 valence electrons. The summed E-state index contributed by atoms with van der Waals surface area (Å²) in [6.45, 7) is 11.4. The van der Waals surface area contributed by atoms with Crippen molar-refractivity contribution in [3.8, 4) is 0 Å². The number of nitrogens with zero attached hydrogens (tertiary/aromatic N) is 1. The first-order valence-corrected chi connectivity index (χ1v) is 6.10. The van der Waals surface area contributed by atoms with E-state index in [1.165, 1.54) is 25.8 Å². The molecule has 0 bridgehead atoms. The molecule has 2 unspecified atom stereocenters. The van der Waals surface area contributed by atoms with Crippen molar-refractivity contribution < 1.29 is 0 Å². The quantitative estimate of drug-likeness (QED) is 0.647. The predicted octanol–water partition coefficient (Wildman–Crippen LogP) is 2.49. The lowest BCUT2D eigenvalue weighted by molar-refractivity contribution is 0.190. The van der Waals surface area contributed by atoms with Crippen LogP contribution < -0.4 is 5.32 Å². The first-order valence-electron chi connectivity index (χ1n) is 6.10. The summed E-state index contributed by atoms with van der Waals surface area (Å²) in [5, 5.41) is 3.41. The van der Waals surface area contributed by atoms with E-state index < -0.39 is 0 Å². The molecule has 0 rings (SSSR count). The fraction of sp³-hybridized carbons (Fsp3) is 1.00. The molecule has 1 N–H and O–H groups in total. The molecule has 0 amide bonds. The van der Waals surface area contributed by atoms with Gasteiger partial charge < -0.3 is 5.32 Å². The van der Waals surface area contributed by atoms with Gasteiger partial charge in [0.15, 0.2) is 0 Å². The van der Waals surface area contributed by atoms with Gasteiger partial charge in [-0.25, -0.2) is 0 Å². The molecular formula is C12H28N2. The Hall–Kier alpha value is -0.0800. The third-order valence-electron chi connectivity index (χ3n) is 3.12. The summed E-state index contributed by atoms with van der Waals surface area (Å²) in [5.41, 5.74) is 0. The van der Waals surface area contributed by atoms with E-state index in [-0.39, 0.29) is 0 Å². The summed E-state index contributed by atoms with van der Waals surface area (Å²) < 4.78 is 0. The zero-order valence-electron chi connectivity index (χ0n) is 10.6. The van der Waals surface area contributed by atoms with Gasteiger partial charge >= 0.3 is 0 Å². The average molecular weight is 200 g/mol.